The van der Waals surface area contributed by atoms with Crippen LogP contribution in [-0.2, 0) is 10.8 Å². The van der Waals surface area contributed by atoms with Crippen LogP contribution in [0.3, 0.4) is 0 Å². The summed E-state index contributed by atoms with van der Waals surface area (Å²) in [6.45, 7) is 0. The molecule has 6 rings (SSSR count). The lowest BCUT2D eigenvalue weighted by Gasteiger charge is -2.08. The molecule has 2 heterocycles. The molecule has 1 aliphatic heterocycles. The van der Waals surface area contributed by atoms with Gasteiger partial charge in [0, 0.05) is 22.0 Å². The summed E-state index contributed by atoms with van der Waals surface area (Å²) in [5.41, 5.74) is 4.74. The topological polar surface area (TPSA) is 39.1 Å². The molecule has 5 aromatic rings. The molecule has 1 atom stereocenters. The first kappa shape index (κ1) is 18.0. The van der Waals surface area contributed by atoms with E-state index in [0.717, 1.165) is 22.3 Å². The number of carbonyl (C=O) groups is 1. The number of aromatic nitrogens is 1. The predicted octanol–water partition coefficient (Wildman–Crippen LogP) is 6.13. The highest BCUT2D eigenvalue weighted by atomic mass is 32.2. The van der Waals surface area contributed by atoms with Crippen molar-refractivity contribution in [3.05, 3.63) is 113 Å². The van der Waals surface area contributed by atoms with Gasteiger partial charge in [0.1, 0.15) is 0 Å². The molecule has 0 saturated heterocycles. The summed E-state index contributed by atoms with van der Waals surface area (Å²) in [6, 6.07) is 31.9. The van der Waals surface area contributed by atoms with Gasteiger partial charge in [0.25, 0.3) is 0 Å². The number of hydrogen-bond donors (Lipinski definition) is 0. The number of carbonyl (C=O) groups excluding carboxylic acids is 1. The maximum atomic E-state index is 12.8. The largest absolute Gasteiger partial charge is 0.309 e. The first-order chi connectivity index (χ1) is 15.2. The van der Waals surface area contributed by atoms with Crippen molar-refractivity contribution in [3.63, 3.8) is 0 Å². The van der Waals surface area contributed by atoms with Crippen molar-refractivity contribution in [2.45, 2.75) is 4.90 Å². The van der Waals surface area contributed by atoms with Crippen LogP contribution in [0.1, 0.15) is 15.9 Å². The van der Waals surface area contributed by atoms with Crippen molar-refractivity contribution in [1.82, 2.24) is 4.57 Å². The van der Waals surface area contributed by atoms with Crippen LogP contribution in [0.2, 0.25) is 0 Å². The van der Waals surface area contributed by atoms with Crippen LogP contribution >= 0.6 is 0 Å². The predicted molar refractivity (Wildman–Crippen MR) is 126 cm³/mol. The number of nitrogens with zero attached hydrogens (tertiary/aromatic N) is 1. The van der Waals surface area contributed by atoms with Gasteiger partial charge in [-0.3, -0.25) is 4.79 Å². The molecular formula is C27H17NO2S. The molecular weight excluding hydrogens is 402 g/mol. The summed E-state index contributed by atoms with van der Waals surface area (Å²) in [5.74, 6) is -0.152. The van der Waals surface area contributed by atoms with E-state index in [0.29, 0.717) is 15.4 Å². The summed E-state index contributed by atoms with van der Waals surface area (Å²) in [4.78, 5) is 13.6. The molecule has 1 aliphatic rings. The summed E-state index contributed by atoms with van der Waals surface area (Å²) >= 11 is 0. The highest BCUT2D eigenvalue weighted by molar-refractivity contribution is 7.91. The second kappa shape index (κ2) is 6.89. The molecule has 0 bridgehead atoms. The molecule has 4 aromatic carbocycles. The van der Waals surface area contributed by atoms with E-state index in [1.165, 1.54) is 10.8 Å². The second-order valence-electron chi connectivity index (χ2n) is 7.56. The van der Waals surface area contributed by atoms with Crippen LogP contribution in [-0.4, -0.2) is 14.6 Å². The Morgan fingerprint density at radius 3 is 1.90 bits per heavy atom. The summed E-state index contributed by atoms with van der Waals surface area (Å²) in [6.07, 6.45) is 1.74. The van der Waals surface area contributed by atoms with Crippen molar-refractivity contribution >= 4 is 44.5 Å². The van der Waals surface area contributed by atoms with Gasteiger partial charge in [0.05, 0.1) is 31.6 Å². The lowest BCUT2D eigenvalue weighted by molar-refractivity contribution is 0.104. The molecule has 148 valence electrons. The fraction of sp³-hybridized carbons (Fsp3) is 0. The normalized spacial score (nSPS) is 17.0. The van der Waals surface area contributed by atoms with Crippen molar-refractivity contribution in [1.29, 1.82) is 0 Å². The van der Waals surface area contributed by atoms with Crippen LogP contribution in [0.5, 0.6) is 0 Å². The van der Waals surface area contributed by atoms with Gasteiger partial charge in [-0.2, -0.15) is 0 Å². The van der Waals surface area contributed by atoms with Crippen LogP contribution in [0.15, 0.2) is 107 Å². The smallest absolute Gasteiger partial charge is 0.203 e. The molecule has 0 aliphatic carbocycles. The minimum absolute atomic E-state index is 0.152. The van der Waals surface area contributed by atoms with Crippen LogP contribution in [0.25, 0.3) is 33.6 Å². The molecule has 4 heteroatoms. The van der Waals surface area contributed by atoms with Gasteiger partial charge < -0.3 is 4.57 Å². The number of allylic oxidation sites excluding steroid dienone is 1. The van der Waals surface area contributed by atoms with E-state index in [-0.39, 0.29) is 5.78 Å². The number of benzene rings is 4. The fourth-order valence-corrected chi connectivity index (χ4v) is 5.66. The van der Waals surface area contributed by atoms with Crippen LogP contribution in [0, 0.1) is 0 Å². The molecule has 0 saturated carbocycles. The lowest BCUT2D eigenvalue weighted by Crippen LogP contribution is -1.97. The monoisotopic (exact) mass is 419 g/mol. The zero-order valence-electron chi connectivity index (χ0n) is 16.5. The van der Waals surface area contributed by atoms with Crippen molar-refractivity contribution in [3.8, 4) is 5.69 Å². The summed E-state index contributed by atoms with van der Waals surface area (Å²) in [5, 5.41) is 2.43. The van der Waals surface area contributed by atoms with E-state index in [1.807, 2.05) is 30.3 Å². The van der Waals surface area contributed by atoms with E-state index in [2.05, 4.69) is 53.1 Å². The third-order valence-electron chi connectivity index (χ3n) is 5.78. The summed E-state index contributed by atoms with van der Waals surface area (Å²) < 4.78 is 15.0. The lowest BCUT2D eigenvalue weighted by atomic mass is 10.1. The zero-order valence-corrected chi connectivity index (χ0v) is 17.3. The Kier molecular flexibility index (Phi) is 4.01. The Morgan fingerprint density at radius 2 is 1.26 bits per heavy atom. The average Bonchev–Trinajstić information content (AvgIpc) is 3.28. The van der Waals surface area contributed by atoms with Gasteiger partial charge in [0.15, 0.2) is 0 Å². The fourth-order valence-electron chi connectivity index (χ4n) is 4.34. The molecule has 0 N–H and O–H groups in total. The molecule has 0 spiro atoms. The van der Waals surface area contributed by atoms with E-state index in [9.17, 15) is 9.00 Å². The van der Waals surface area contributed by atoms with Gasteiger partial charge in [-0.05, 0) is 48.0 Å². The molecule has 0 fully saturated rings. The summed E-state index contributed by atoms with van der Waals surface area (Å²) in [7, 11) is -1.43. The SMILES string of the molecule is O=C1C(=Cc2ccc(-n3c4ccccc4c4ccccc43)cc2)S(=O)c2ccccc21. The van der Waals surface area contributed by atoms with Gasteiger partial charge >= 0.3 is 0 Å². The maximum absolute atomic E-state index is 12.8. The van der Waals surface area contributed by atoms with Crippen LogP contribution < -0.4 is 0 Å². The first-order valence-corrected chi connectivity index (χ1v) is 11.2. The number of para-hydroxylation sites is 2. The van der Waals surface area contributed by atoms with Crippen molar-refractivity contribution < 1.29 is 9.00 Å². The van der Waals surface area contributed by atoms with Crippen LogP contribution in [0.4, 0.5) is 0 Å². The number of ketones is 1. The van der Waals surface area contributed by atoms with Gasteiger partial charge in [-0.15, -0.1) is 0 Å². The van der Waals surface area contributed by atoms with E-state index >= 15 is 0 Å². The number of fused-ring (bicyclic) bond motifs is 4. The molecule has 3 nitrogen and oxygen atoms in total. The molecule has 0 amide bonds. The average molecular weight is 420 g/mol. The maximum Gasteiger partial charge on any atom is 0.203 e. The van der Waals surface area contributed by atoms with Gasteiger partial charge in [0.2, 0.25) is 5.78 Å². The highest BCUT2D eigenvalue weighted by Gasteiger charge is 2.31. The number of hydrogen-bond acceptors (Lipinski definition) is 2. The molecule has 1 aromatic heterocycles. The third kappa shape index (κ3) is 2.72. The van der Waals surface area contributed by atoms with E-state index in [4.69, 9.17) is 0 Å². The molecule has 31 heavy (non-hydrogen) atoms. The van der Waals surface area contributed by atoms with Gasteiger partial charge in [-0.1, -0.05) is 60.7 Å². The van der Waals surface area contributed by atoms with E-state index in [1.54, 1.807) is 24.3 Å². The second-order valence-corrected chi connectivity index (χ2v) is 8.98. The highest BCUT2D eigenvalue weighted by Crippen LogP contribution is 2.33. The Labute approximate surface area is 181 Å². The van der Waals surface area contributed by atoms with E-state index < -0.39 is 10.8 Å². The Balaban J connectivity index is 1.44. The standard InChI is InChI=1S/C27H17NO2S/c29-27-22-9-3-6-12-25(22)31(30)26(27)17-18-13-15-19(16-14-18)28-23-10-4-1-7-20(23)21-8-2-5-11-24(21)28/h1-17H. The molecule has 0 radical (unpaired) electrons. The number of rotatable bonds is 2. The first-order valence-electron chi connectivity index (χ1n) is 10.1. The minimum Gasteiger partial charge on any atom is -0.309 e. The Hall–Kier alpha value is -3.76. The Morgan fingerprint density at radius 1 is 0.677 bits per heavy atom. The van der Waals surface area contributed by atoms with Crippen molar-refractivity contribution in [2.75, 3.05) is 0 Å². The minimum atomic E-state index is -1.43. The zero-order chi connectivity index (χ0) is 20.9. The quantitative estimate of drug-likeness (QED) is 0.323. The van der Waals surface area contributed by atoms with Gasteiger partial charge in [-0.25, -0.2) is 4.21 Å². The number of Topliss-reactive ketones (excluding diaryl/α,β-unsaturated/α-hetero) is 1. The van der Waals surface area contributed by atoms with Crippen molar-refractivity contribution in [2.24, 2.45) is 0 Å². The third-order valence-corrected chi connectivity index (χ3v) is 7.24. The Bertz CT molecular complexity index is 1470. The molecule has 1 unspecified atom stereocenters.